The molecule has 0 unspecified atom stereocenters. The van der Waals surface area contributed by atoms with Crippen LogP contribution in [0.3, 0.4) is 0 Å². The Morgan fingerprint density at radius 3 is 1.60 bits per heavy atom. The van der Waals surface area contributed by atoms with E-state index in [1.165, 1.54) is 6.92 Å². The van der Waals surface area contributed by atoms with Gasteiger partial charge in [0.25, 0.3) is 10.1 Å². The number of nitrogens with one attached hydrogen (secondary N) is 1. The van der Waals surface area contributed by atoms with Crippen LogP contribution < -0.4 is 5.32 Å². The summed E-state index contributed by atoms with van der Waals surface area (Å²) in [5.41, 5.74) is 0. The van der Waals surface area contributed by atoms with E-state index in [9.17, 15) is 13.2 Å². The molecule has 6 heteroatoms. The zero-order chi connectivity index (χ0) is 8.78. The van der Waals surface area contributed by atoms with Crippen molar-refractivity contribution in [2.75, 3.05) is 13.3 Å². The first-order valence-corrected chi connectivity index (χ1v) is 4.23. The monoisotopic (exact) mass is 169 g/mol. The van der Waals surface area contributed by atoms with Crippen LogP contribution in [0.2, 0.25) is 0 Å². The van der Waals surface area contributed by atoms with Crippen molar-refractivity contribution in [2.24, 2.45) is 0 Å². The minimum Gasteiger partial charge on any atom is -0.359 e. The van der Waals surface area contributed by atoms with Gasteiger partial charge >= 0.3 is 0 Å². The zero-order valence-electron chi connectivity index (χ0n) is 6.08. The average Bonchev–Trinajstić information content (AvgIpc) is 1.61. The van der Waals surface area contributed by atoms with Gasteiger partial charge in [0.1, 0.15) is 0 Å². The summed E-state index contributed by atoms with van der Waals surface area (Å²) in [6.45, 7) is 1.47. The molecule has 0 spiro atoms. The van der Waals surface area contributed by atoms with Crippen molar-refractivity contribution in [2.45, 2.75) is 6.92 Å². The second-order valence-corrected chi connectivity index (χ2v) is 3.01. The average molecular weight is 169 g/mol. The summed E-state index contributed by atoms with van der Waals surface area (Å²) in [6, 6.07) is 0. The van der Waals surface area contributed by atoms with E-state index < -0.39 is 10.1 Å². The SMILES string of the molecule is CNC(C)=O.CS(=O)(=O)O. The molecule has 2 N–H and O–H groups in total. The molecule has 5 nitrogen and oxygen atoms in total. The van der Waals surface area contributed by atoms with Gasteiger partial charge in [0, 0.05) is 14.0 Å². The van der Waals surface area contributed by atoms with Crippen molar-refractivity contribution >= 4 is 16.0 Å². The Morgan fingerprint density at radius 1 is 1.50 bits per heavy atom. The standard InChI is InChI=1S/C3H7NO.CH4O3S/c1-3(5)4-2;1-5(2,3)4/h1-2H3,(H,4,5);1H3,(H,2,3,4). The lowest BCUT2D eigenvalue weighted by atomic mass is 10.7. The first kappa shape index (κ1) is 12.1. The maximum atomic E-state index is 9.70. The molecule has 0 aromatic rings. The first-order valence-electron chi connectivity index (χ1n) is 2.38. The number of hydrogen-bond acceptors (Lipinski definition) is 3. The fraction of sp³-hybridized carbons (Fsp3) is 0.750. The van der Waals surface area contributed by atoms with Crippen LogP contribution in [0.1, 0.15) is 6.92 Å². The van der Waals surface area contributed by atoms with Crippen molar-refractivity contribution < 1.29 is 17.8 Å². The molecule has 0 aromatic heterocycles. The van der Waals surface area contributed by atoms with Crippen LogP contribution in [-0.4, -0.2) is 32.2 Å². The summed E-state index contributed by atoms with van der Waals surface area (Å²) in [7, 11) is -2.07. The molecular formula is C4H11NO4S. The van der Waals surface area contributed by atoms with Crippen LogP contribution in [0, 0.1) is 0 Å². The van der Waals surface area contributed by atoms with E-state index in [1.807, 2.05) is 0 Å². The highest BCUT2D eigenvalue weighted by atomic mass is 32.2. The fourth-order valence-corrected chi connectivity index (χ4v) is 0. The molecule has 0 saturated heterocycles. The van der Waals surface area contributed by atoms with Crippen LogP contribution >= 0.6 is 0 Å². The minimum atomic E-state index is -3.67. The van der Waals surface area contributed by atoms with Crippen LogP contribution in [-0.2, 0) is 14.9 Å². The van der Waals surface area contributed by atoms with Gasteiger partial charge in [-0.25, -0.2) is 0 Å². The normalized spacial score (nSPS) is 9.20. The third kappa shape index (κ3) is 158. The lowest BCUT2D eigenvalue weighted by Crippen LogP contribution is -2.11. The first-order chi connectivity index (χ1) is 4.27. The summed E-state index contributed by atoms with van der Waals surface area (Å²) in [5.74, 6) is 0.00463. The highest BCUT2D eigenvalue weighted by molar-refractivity contribution is 7.85. The van der Waals surface area contributed by atoms with Gasteiger partial charge in [-0.05, 0) is 0 Å². The Bertz CT molecular complexity index is 175. The van der Waals surface area contributed by atoms with E-state index in [1.54, 1.807) is 7.05 Å². The van der Waals surface area contributed by atoms with Crippen LogP contribution in [0.4, 0.5) is 0 Å². The lowest BCUT2D eigenvalue weighted by Gasteiger charge is -1.80. The second kappa shape index (κ2) is 5.19. The van der Waals surface area contributed by atoms with Gasteiger partial charge in [-0.2, -0.15) is 8.42 Å². The van der Waals surface area contributed by atoms with Crippen molar-refractivity contribution in [1.82, 2.24) is 5.32 Å². The van der Waals surface area contributed by atoms with Gasteiger partial charge in [-0.15, -0.1) is 0 Å². The summed E-state index contributed by atoms with van der Waals surface area (Å²) < 4.78 is 25.9. The Labute approximate surface area is 60.2 Å². The molecule has 0 aliphatic heterocycles. The molecule has 0 aliphatic rings. The smallest absolute Gasteiger partial charge is 0.261 e. The summed E-state index contributed by atoms with van der Waals surface area (Å²) >= 11 is 0. The molecule has 0 heterocycles. The van der Waals surface area contributed by atoms with Gasteiger partial charge in [-0.1, -0.05) is 0 Å². The molecule has 0 aliphatic carbocycles. The zero-order valence-corrected chi connectivity index (χ0v) is 6.90. The second-order valence-electron chi connectivity index (χ2n) is 1.54. The predicted octanol–water partition coefficient (Wildman–Crippen LogP) is -0.744. The highest BCUT2D eigenvalue weighted by Crippen LogP contribution is 1.60. The number of amides is 1. The molecule has 62 valence electrons. The van der Waals surface area contributed by atoms with Crippen molar-refractivity contribution in [3.05, 3.63) is 0 Å². The Hall–Kier alpha value is -0.620. The van der Waals surface area contributed by atoms with Crippen LogP contribution in [0.5, 0.6) is 0 Å². The third-order valence-corrected chi connectivity index (χ3v) is 0.352. The van der Waals surface area contributed by atoms with Crippen LogP contribution in [0.15, 0.2) is 0 Å². The van der Waals surface area contributed by atoms with E-state index in [2.05, 4.69) is 5.32 Å². The van der Waals surface area contributed by atoms with E-state index in [4.69, 9.17) is 4.55 Å². The van der Waals surface area contributed by atoms with Gasteiger partial charge in [-0.3, -0.25) is 9.35 Å². The molecule has 0 rings (SSSR count). The summed E-state index contributed by atoms with van der Waals surface area (Å²) in [4.78, 5) is 9.70. The quantitative estimate of drug-likeness (QED) is 0.468. The topological polar surface area (TPSA) is 83.5 Å². The van der Waals surface area contributed by atoms with Crippen LogP contribution in [0.25, 0.3) is 0 Å². The van der Waals surface area contributed by atoms with E-state index in [0.29, 0.717) is 6.26 Å². The molecule has 0 bridgehead atoms. The molecular weight excluding hydrogens is 158 g/mol. The predicted molar refractivity (Wildman–Crippen MR) is 37.2 cm³/mol. The number of rotatable bonds is 0. The molecule has 0 fully saturated rings. The van der Waals surface area contributed by atoms with E-state index >= 15 is 0 Å². The van der Waals surface area contributed by atoms with Gasteiger partial charge < -0.3 is 5.32 Å². The fourth-order valence-electron chi connectivity index (χ4n) is 0. The van der Waals surface area contributed by atoms with Crippen molar-refractivity contribution in [1.29, 1.82) is 0 Å². The third-order valence-electron chi connectivity index (χ3n) is 0.352. The number of carbonyl (C=O) groups is 1. The maximum absolute atomic E-state index is 9.70. The lowest BCUT2D eigenvalue weighted by molar-refractivity contribution is -0.118. The van der Waals surface area contributed by atoms with E-state index in [-0.39, 0.29) is 5.91 Å². The number of hydrogen-bond donors (Lipinski definition) is 2. The molecule has 1 amide bonds. The van der Waals surface area contributed by atoms with E-state index in [0.717, 1.165) is 0 Å². The summed E-state index contributed by atoms with van der Waals surface area (Å²) in [5, 5.41) is 2.39. The molecule has 10 heavy (non-hydrogen) atoms. The Morgan fingerprint density at radius 2 is 1.60 bits per heavy atom. The maximum Gasteiger partial charge on any atom is 0.261 e. The molecule has 0 radical (unpaired) electrons. The van der Waals surface area contributed by atoms with Crippen molar-refractivity contribution in [3.8, 4) is 0 Å². The van der Waals surface area contributed by atoms with Gasteiger partial charge in [0.2, 0.25) is 5.91 Å². The summed E-state index contributed by atoms with van der Waals surface area (Å²) in [6.07, 6.45) is 0.715. The highest BCUT2D eigenvalue weighted by Gasteiger charge is 1.81. The minimum absolute atomic E-state index is 0.00463. The Balaban J connectivity index is 0. The number of carbonyl (C=O) groups excluding carboxylic acids is 1. The Kier molecular flexibility index (Phi) is 6.27. The molecule has 0 aromatic carbocycles. The van der Waals surface area contributed by atoms with Gasteiger partial charge in [0.05, 0.1) is 6.26 Å². The molecule has 0 atom stereocenters. The largest absolute Gasteiger partial charge is 0.359 e. The molecule has 0 saturated carbocycles. The van der Waals surface area contributed by atoms with Crippen molar-refractivity contribution in [3.63, 3.8) is 0 Å². The van der Waals surface area contributed by atoms with Gasteiger partial charge in [0.15, 0.2) is 0 Å².